The summed E-state index contributed by atoms with van der Waals surface area (Å²) in [7, 11) is 0.907. The van der Waals surface area contributed by atoms with Crippen LogP contribution < -0.4 is 0 Å². The van der Waals surface area contributed by atoms with E-state index >= 15 is 0 Å². The van der Waals surface area contributed by atoms with Gasteiger partial charge in [-0.25, -0.2) is 8.42 Å². The Morgan fingerprint density at radius 2 is 1.53 bits per heavy atom. The van der Waals surface area contributed by atoms with Gasteiger partial charge in [-0.05, 0) is 74.6 Å². The molecule has 30 heavy (non-hydrogen) atoms. The van der Waals surface area contributed by atoms with Crippen LogP contribution in [-0.4, -0.2) is 38.2 Å². The smallest absolute Gasteiger partial charge is 0.175 e. The summed E-state index contributed by atoms with van der Waals surface area (Å²) in [4.78, 5) is 2.48. The van der Waals surface area contributed by atoms with Crippen LogP contribution in [-0.2, 0) is 16.4 Å². The molecule has 4 nitrogen and oxygen atoms in total. The Hall–Kier alpha value is -2.89. The Bertz CT molecular complexity index is 1300. The maximum atomic E-state index is 11.8. The van der Waals surface area contributed by atoms with E-state index in [1.54, 1.807) is 12.1 Å². The van der Waals surface area contributed by atoms with E-state index in [2.05, 4.69) is 79.0 Å². The number of fused-ring (bicyclic) bond motifs is 1. The van der Waals surface area contributed by atoms with Crippen molar-refractivity contribution in [3.63, 3.8) is 0 Å². The molecule has 0 atom stereocenters. The van der Waals surface area contributed by atoms with E-state index in [-0.39, 0.29) is 0 Å². The van der Waals surface area contributed by atoms with Gasteiger partial charge in [-0.2, -0.15) is 0 Å². The molecule has 0 aliphatic heterocycles. The topological polar surface area (TPSA) is 42.3 Å². The minimum Gasteiger partial charge on any atom is -0.309 e. The van der Waals surface area contributed by atoms with Crippen LogP contribution in [0.5, 0.6) is 0 Å². The van der Waals surface area contributed by atoms with Crippen molar-refractivity contribution in [1.82, 2.24) is 9.47 Å². The zero-order valence-corrected chi connectivity index (χ0v) is 18.6. The number of aryl methyl sites for hydroxylation is 1. The van der Waals surface area contributed by atoms with Gasteiger partial charge in [0.05, 0.1) is 16.1 Å². The van der Waals surface area contributed by atoms with Gasteiger partial charge in [-0.1, -0.05) is 35.9 Å². The standard InChI is InChI=1S/C25H26N2O2S/c1-18-5-14-24-21(15-18)16-25(20-8-12-23(13-9-20)30(4,28)29)27(24)22-10-6-19(7-11-22)17-26(2)3/h5-16H,17H2,1-4H3. The fourth-order valence-electron chi connectivity index (χ4n) is 3.81. The molecule has 0 unspecified atom stereocenters. The molecule has 1 aromatic heterocycles. The molecule has 0 spiro atoms. The molecule has 154 valence electrons. The third-order valence-electron chi connectivity index (χ3n) is 5.23. The Labute approximate surface area is 178 Å². The van der Waals surface area contributed by atoms with E-state index < -0.39 is 9.84 Å². The van der Waals surface area contributed by atoms with E-state index in [1.807, 2.05) is 12.1 Å². The van der Waals surface area contributed by atoms with Crippen LogP contribution in [0.25, 0.3) is 27.8 Å². The van der Waals surface area contributed by atoms with E-state index in [9.17, 15) is 8.42 Å². The van der Waals surface area contributed by atoms with Gasteiger partial charge in [0, 0.05) is 23.9 Å². The van der Waals surface area contributed by atoms with Crippen LogP contribution in [0, 0.1) is 6.92 Å². The normalized spacial score (nSPS) is 12.0. The lowest BCUT2D eigenvalue weighted by molar-refractivity contribution is 0.402. The SMILES string of the molecule is Cc1ccc2c(c1)cc(-c1ccc(S(C)(=O)=O)cc1)n2-c1ccc(CN(C)C)cc1. The van der Waals surface area contributed by atoms with Crippen LogP contribution in [0.3, 0.4) is 0 Å². The second-order valence-corrected chi connectivity index (χ2v) is 10.1. The number of rotatable bonds is 5. The molecular weight excluding hydrogens is 392 g/mol. The molecule has 5 heteroatoms. The average Bonchev–Trinajstić information content (AvgIpc) is 3.06. The zero-order chi connectivity index (χ0) is 21.5. The van der Waals surface area contributed by atoms with E-state index in [4.69, 9.17) is 0 Å². The van der Waals surface area contributed by atoms with E-state index in [0.29, 0.717) is 4.90 Å². The summed E-state index contributed by atoms with van der Waals surface area (Å²) in [6, 6.07) is 24.4. The molecule has 4 rings (SSSR count). The van der Waals surface area contributed by atoms with Gasteiger partial charge in [-0.15, -0.1) is 0 Å². The molecule has 0 radical (unpaired) electrons. The largest absolute Gasteiger partial charge is 0.309 e. The Morgan fingerprint density at radius 1 is 0.867 bits per heavy atom. The van der Waals surface area contributed by atoms with Gasteiger partial charge in [0.25, 0.3) is 0 Å². The van der Waals surface area contributed by atoms with Gasteiger partial charge < -0.3 is 9.47 Å². The predicted octanol–water partition coefficient (Wildman–Crippen LogP) is 5.07. The van der Waals surface area contributed by atoms with Gasteiger partial charge in [0.2, 0.25) is 0 Å². The quantitative estimate of drug-likeness (QED) is 0.454. The van der Waals surface area contributed by atoms with Crippen molar-refractivity contribution >= 4 is 20.7 Å². The summed E-state index contributed by atoms with van der Waals surface area (Å²) in [5.74, 6) is 0. The number of aromatic nitrogens is 1. The second-order valence-electron chi connectivity index (χ2n) is 8.13. The summed E-state index contributed by atoms with van der Waals surface area (Å²) in [5.41, 5.74) is 6.70. The predicted molar refractivity (Wildman–Crippen MR) is 124 cm³/mol. The molecule has 0 amide bonds. The molecule has 4 aromatic rings. The lowest BCUT2D eigenvalue weighted by atomic mass is 10.1. The number of hydrogen-bond acceptors (Lipinski definition) is 3. The van der Waals surface area contributed by atoms with Crippen molar-refractivity contribution in [3.05, 3.63) is 83.9 Å². The molecule has 0 saturated heterocycles. The Balaban J connectivity index is 1.88. The first-order valence-electron chi connectivity index (χ1n) is 9.89. The summed E-state index contributed by atoms with van der Waals surface area (Å²) >= 11 is 0. The third-order valence-corrected chi connectivity index (χ3v) is 6.36. The molecule has 0 aliphatic rings. The maximum Gasteiger partial charge on any atom is 0.175 e. The highest BCUT2D eigenvalue weighted by atomic mass is 32.2. The number of sulfone groups is 1. The highest BCUT2D eigenvalue weighted by Crippen LogP contribution is 2.32. The molecule has 0 N–H and O–H groups in total. The molecule has 1 heterocycles. The van der Waals surface area contributed by atoms with Crippen molar-refractivity contribution in [1.29, 1.82) is 0 Å². The van der Waals surface area contributed by atoms with Gasteiger partial charge in [0.1, 0.15) is 0 Å². The number of hydrogen-bond donors (Lipinski definition) is 0. The Morgan fingerprint density at radius 3 is 2.13 bits per heavy atom. The van der Waals surface area contributed by atoms with Gasteiger partial charge in [-0.3, -0.25) is 0 Å². The highest BCUT2D eigenvalue weighted by molar-refractivity contribution is 7.90. The first-order chi connectivity index (χ1) is 14.2. The van der Waals surface area contributed by atoms with Crippen molar-refractivity contribution in [3.8, 4) is 16.9 Å². The van der Waals surface area contributed by atoms with Crippen LogP contribution in [0.2, 0.25) is 0 Å². The minimum absolute atomic E-state index is 0.331. The van der Waals surface area contributed by atoms with E-state index in [1.165, 1.54) is 17.4 Å². The van der Waals surface area contributed by atoms with Crippen molar-refractivity contribution in [2.75, 3.05) is 20.4 Å². The first-order valence-corrected chi connectivity index (χ1v) is 11.8. The molecule has 0 saturated carbocycles. The lowest BCUT2D eigenvalue weighted by Crippen LogP contribution is -2.10. The Kier molecular flexibility index (Phi) is 5.26. The van der Waals surface area contributed by atoms with Crippen LogP contribution in [0.4, 0.5) is 0 Å². The van der Waals surface area contributed by atoms with Gasteiger partial charge in [0.15, 0.2) is 9.84 Å². The third kappa shape index (κ3) is 4.04. The highest BCUT2D eigenvalue weighted by Gasteiger charge is 2.14. The fourth-order valence-corrected chi connectivity index (χ4v) is 4.44. The van der Waals surface area contributed by atoms with Crippen molar-refractivity contribution in [2.24, 2.45) is 0 Å². The summed E-state index contributed by atoms with van der Waals surface area (Å²) in [6.07, 6.45) is 1.23. The molecule has 0 bridgehead atoms. The summed E-state index contributed by atoms with van der Waals surface area (Å²) in [6.45, 7) is 2.99. The summed E-state index contributed by atoms with van der Waals surface area (Å²) in [5, 5.41) is 1.16. The maximum absolute atomic E-state index is 11.8. The van der Waals surface area contributed by atoms with Crippen LogP contribution >= 0.6 is 0 Å². The van der Waals surface area contributed by atoms with Gasteiger partial charge >= 0.3 is 0 Å². The van der Waals surface area contributed by atoms with Crippen LogP contribution in [0.1, 0.15) is 11.1 Å². The van der Waals surface area contributed by atoms with Crippen molar-refractivity contribution in [2.45, 2.75) is 18.4 Å². The molecule has 3 aromatic carbocycles. The molecule has 0 aliphatic carbocycles. The second kappa shape index (κ2) is 7.74. The fraction of sp³-hybridized carbons (Fsp3) is 0.200. The lowest BCUT2D eigenvalue weighted by Gasteiger charge is -2.14. The number of benzene rings is 3. The number of nitrogens with zero attached hydrogens (tertiary/aromatic N) is 2. The van der Waals surface area contributed by atoms with Crippen LogP contribution in [0.15, 0.2) is 77.7 Å². The first kappa shape index (κ1) is 20.4. The zero-order valence-electron chi connectivity index (χ0n) is 17.8. The molecule has 0 fully saturated rings. The monoisotopic (exact) mass is 418 g/mol. The van der Waals surface area contributed by atoms with E-state index in [0.717, 1.165) is 34.4 Å². The van der Waals surface area contributed by atoms with Crippen molar-refractivity contribution < 1.29 is 8.42 Å². The molecular formula is C25H26N2O2S. The average molecular weight is 419 g/mol. The summed E-state index contributed by atoms with van der Waals surface area (Å²) < 4.78 is 25.9. The minimum atomic E-state index is -3.22.